The quantitative estimate of drug-likeness (QED) is 0.413. The van der Waals surface area contributed by atoms with Gasteiger partial charge in [-0.1, -0.05) is 0 Å². The van der Waals surface area contributed by atoms with Crippen molar-refractivity contribution in [2.75, 3.05) is 32.1 Å². The second-order valence-electron chi connectivity index (χ2n) is 6.39. The van der Waals surface area contributed by atoms with Crippen LogP contribution in [-0.2, 0) is 18.8 Å². The van der Waals surface area contributed by atoms with Crippen LogP contribution in [0.1, 0.15) is 23.8 Å². The molecule has 2 aromatic heterocycles. The molecular weight excluding hydrogens is 382 g/mol. The third-order valence-electron chi connectivity index (χ3n) is 3.71. The highest BCUT2D eigenvalue weighted by Crippen LogP contribution is 2.17. The summed E-state index contributed by atoms with van der Waals surface area (Å²) in [6.45, 7) is 4.30. The Kier molecular flexibility index (Phi) is 9.65. The highest BCUT2D eigenvalue weighted by Gasteiger charge is 2.04. The summed E-state index contributed by atoms with van der Waals surface area (Å²) in [4.78, 5) is 18.0. The smallest absolute Gasteiger partial charge is 0.324 e. The number of amides is 2. The summed E-state index contributed by atoms with van der Waals surface area (Å²) in [7, 11) is 4.05. The van der Waals surface area contributed by atoms with Gasteiger partial charge in [0.2, 0.25) is 0 Å². The Bertz CT molecular complexity index is 687. The van der Waals surface area contributed by atoms with E-state index in [1.807, 2.05) is 39.3 Å². The van der Waals surface area contributed by atoms with Crippen molar-refractivity contribution in [3.63, 3.8) is 0 Å². The fourth-order valence-corrected chi connectivity index (χ4v) is 4.02. The van der Waals surface area contributed by atoms with Crippen molar-refractivity contribution in [3.8, 4) is 0 Å². The maximum Gasteiger partial charge on any atom is 0.324 e. The van der Waals surface area contributed by atoms with Gasteiger partial charge in [-0.05, 0) is 51.5 Å². The highest BCUT2D eigenvalue weighted by atomic mass is 32.2. The van der Waals surface area contributed by atoms with E-state index in [2.05, 4.69) is 24.5 Å². The van der Waals surface area contributed by atoms with E-state index in [-0.39, 0.29) is 6.03 Å². The molecule has 0 aliphatic rings. The van der Waals surface area contributed by atoms with Crippen molar-refractivity contribution >= 4 is 29.7 Å². The largest absolute Gasteiger partial charge is 0.464 e. The van der Waals surface area contributed by atoms with Crippen molar-refractivity contribution in [2.45, 2.75) is 32.2 Å². The van der Waals surface area contributed by atoms with E-state index < -0.39 is 0 Å². The minimum Gasteiger partial charge on any atom is -0.464 e. The van der Waals surface area contributed by atoms with E-state index >= 15 is 0 Å². The van der Waals surface area contributed by atoms with Crippen LogP contribution < -0.4 is 10.0 Å². The fourth-order valence-electron chi connectivity index (χ4n) is 2.41. The number of carbonyl (C=O) groups is 1. The Hall–Kier alpha value is -1.58. The van der Waals surface area contributed by atoms with E-state index in [0.29, 0.717) is 6.54 Å². The number of aromatic nitrogens is 2. The molecule has 150 valence electrons. The Balaban J connectivity index is 1.45. The summed E-state index contributed by atoms with van der Waals surface area (Å²) >= 11 is 3.24. The van der Waals surface area contributed by atoms with E-state index in [1.54, 1.807) is 18.0 Å². The van der Waals surface area contributed by atoms with E-state index in [1.165, 1.54) is 11.9 Å². The Labute approximate surface area is 169 Å². The standard InChI is InChI=1S/C18H29N5O2S2/c1-15-19-8-10-23(15)9-4-7-20-18(24)21-27-12-11-26-14-17-6-5-16(25-17)13-22(2)3/h5-6,8,10H,4,7,9,11-14H2,1-3H3,(H2,20,21,24). The third-order valence-corrected chi connectivity index (χ3v) is 5.69. The molecule has 0 atom stereocenters. The lowest BCUT2D eigenvalue weighted by Gasteiger charge is -2.08. The average molecular weight is 412 g/mol. The number of nitrogens with one attached hydrogen (secondary N) is 2. The first-order valence-corrected chi connectivity index (χ1v) is 11.1. The Morgan fingerprint density at radius 1 is 1.30 bits per heavy atom. The molecule has 0 aliphatic carbocycles. The van der Waals surface area contributed by atoms with Gasteiger partial charge in [0.1, 0.15) is 17.3 Å². The topological polar surface area (TPSA) is 75.3 Å². The van der Waals surface area contributed by atoms with E-state index in [9.17, 15) is 4.79 Å². The molecule has 0 spiro atoms. The van der Waals surface area contributed by atoms with Crippen molar-refractivity contribution in [1.29, 1.82) is 0 Å². The minimum absolute atomic E-state index is 0.133. The van der Waals surface area contributed by atoms with Crippen LogP contribution in [0.4, 0.5) is 4.79 Å². The average Bonchev–Trinajstić information content (AvgIpc) is 3.23. The molecule has 2 heterocycles. The molecule has 0 unspecified atom stereocenters. The second-order valence-corrected chi connectivity index (χ2v) is 8.39. The Morgan fingerprint density at radius 2 is 2.11 bits per heavy atom. The van der Waals surface area contributed by atoms with Crippen LogP contribution in [0.15, 0.2) is 28.9 Å². The zero-order chi connectivity index (χ0) is 19.5. The lowest BCUT2D eigenvalue weighted by Crippen LogP contribution is -2.32. The first kappa shape index (κ1) is 21.7. The maximum absolute atomic E-state index is 11.7. The molecule has 2 amide bonds. The van der Waals surface area contributed by atoms with Gasteiger partial charge in [0, 0.05) is 37.0 Å². The summed E-state index contributed by atoms with van der Waals surface area (Å²) in [5.41, 5.74) is 0. The number of thioether (sulfide) groups is 1. The molecule has 2 N–H and O–H groups in total. The number of carbonyl (C=O) groups excluding carboxylic acids is 1. The van der Waals surface area contributed by atoms with Gasteiger partial charge in [0.25, 0.3) is 0 Å². The minimum atomic E-state index is -0.133. The maximum atomic E-state index is 11.7. The Morgan fingerprint density at radius 3 is 2.85 bits per heavy atom. The molecule has 0 radical (unpaired) electrons. The molecule has 2 aromatic rings. The second kappa shape index (κ2) is 12.0. The summed E-state index contributed by atoms with van der Waals surface area (Å²) in [5.74, 6) is 5.66. The molecule has 0 saturated carbocycles. The van der Waals surface area contributed by atoms with Gasteiger partial charge in [-0.3, -0.25) is 4.72 Å². The van der Waals surface area contributed by atoms with Crippen LogP contribution in [-0.4, -0.2) is 52.6 Å². The van der Waals surface area contributed by atoms with Gasteiger partial charge < -0.3 is 19.2 Å². The molecule has 0 fully saturated rings. The number of aryl methyl sites for hydroxylation is 2. The molecule has 27 heavy (non-hydrogen) atoms. The van der Waals surface area contributed by atoms with E-state index in [0.717, 1.165) is 54.1 Å². The molecule has 0 aromatic carbocycles. The van der Waals surface area contributed by atoms with E-state index in [4.69, 9.17) is 4.42 Å². The predicted molar refractivity (Wildman–Crippen MR) is 113 cm³/mol. The van der Waals surface area contributed by atoms with Crippen LogP contribution in [0, 0.1) is 6.92 Å². The molecule has 0 saturated heterocycles. The van der Waals surface area contributed by atoms with Gasteiger partial charge in [-0.15, -0.1) is 0 Å². The summed E-state index contributed by atoms with van der Waals surface area (Å²) < 4.78 is 10.7. The number of rotatable bonds is 12. The first-order valence-electron chi connectivity index (χ1n) is 8.98. The summed E-state index contributed by atoms with van der Waals surface area (Å²) in [5, 5.41) is 2.87. The zero-order valence-corrected chi connectivity index (χ0v) is 17.9. The first-order chi connectivity index (χ1) is 13.0. The van der Waals surface area contributed by atoms with Crippen LogP contribution in [0.2, 0.25) is 0 Å². The van der Waals surface area contributed by atoms with Crippen molar-refractivity contribution < 1.29 is 9.21 Å². The van der Waals surface area contributed by atoms with Crippen LogP contribution in [0.5, 0.6) is 0 Å². The van der Waals surface area contributed by atoms with Gasteiger partial charge in [0.15, 0.2) is 0 Å². The number of hydrogen-bond acceptors (Lipinski definition) is 6. The summed E-state index contributed by atoms with van der Waals surface area (Å²) in [6, 6.07) is 3.94. The molecule has 0 aliphatic heterocycles. The SMILES string of the molecule is Cc1nccn1CCCNC(=O)NSCCSCc1ccc(CN(C)C)o1. The van der Waals surface area contributed by atoms with Crippen LogP contribution in [0.3, 0.4) is 0 Å². The van der Waals surface area contributed by atoms with Gasteiger partial charge in [0.05, 0.1) is 12.3 Å². The monoisotopic (exact) mass is 411 g/mol. The zero-order valence-electron chi connectivity index (χ0n) is 16.2. The number of furan rings is 1. The molecule has 0 bridgehead atoms. The predicted octanol–water partition coefficient (Wildman–Crippen LogP) is 3.12. The van der Waals surface area contributed by atoms with Crippen molar-refractivity contribution in [1.82, 2.24) is 24.5 Å². The lowest BCUT2D eigenvalue weighted by atomic mass is 10.4. The third kappa shape index (κ3) is 8.77. The van der Waals surface area contributed by atoms with Crippen LogP contribution >= 0.6 is 23.7 Å². The molecule has 7 nitrogen and oxygen atoms in total. The lowest BCUT2D eigenvalue weighted by molar-refractivity contribution is 0.246. The number of imidazole rings is 1. The van der Waals surface area contributed by atoms with Crippen molar-refractivity contribution in [3.05, 3.63) is 41.9 Å². The normalized spacial score (nSPS) is 11.1. The molecule has 2 rings (SSSR count). The van der Waals surface area contributed by atoms with Crippen molar-refractivity contribution in [2.24, 2.45) is 0 Å². The molecular formula is C18H29N5O2S2. The van der Waals surface area contributed by atoms with Crippen LogP contribution in [0.25, 0.3) is 0 Å². The van der Waals surface area contributed by atoms with Gasteiger partial charge >= 0.3 is 6.03 Å². The number of hydrogen-bond donors (Lipinski definition) is 2. The fraction of sp³-hybridized carbons (Fsp3) is 0.556. The number of urea groups is 1. The molecule has 9 heteroatoms. The van der Waals surface area contributed by atoms with Gasteiger partial charge in [-0.25, -0.2) is 9.78 Å². The number of nitrogens with zero attached hydrogens (tertiary/aromatic N) is 3. The highest BCUT2D eigenvalue weighted by molar-refractivity contribution is 8.01. The van der Waals surface area contributed by atoms with Gasteiger partial charge in [-0.2, -0.15) is 11.8 Å². The summed E-state index contributed by atoms with van der Waals surface area (Å²) in [6.07, 6.45) is 4.62.